The Bertz CT molecular complexity index is 1220. The molecule has 208 valence electrons. The summed E-state index contributed by atoms with van der Waals surface area (Å²) in [7, 11) is 0. The molecule has 4 N–H and O–H groups in total. The highest BCUT2D eigenvalue weighted by Crippen LogP contribution is 2.19. The van der Waals surface area contributed by atoms with E-state index in [2.05, 4.69) is 28.4 Å². The van der Waals surface area contributed by atoms with Crippen LogP contribution in [0.25, 0.3) is 10.8 Å². The molecule has 3 aromatic rings. The normalized spacial score (nSPS) is 12.5. The van der Waals surface area contributed by atoms with Gasteiger partial charge in [-0.3, -0.25) is 14.4 Å². The average Bonchev–Trinajstić information content (AvgIpc) is 2.91. The Hall–Kier alpha value is -3.91. The average molecular weight is 533 g/mol. The van der Waals surface area contributed by atoms with Crippen LogP contribution in [0.5, 0.6) is 0 Å². The van der Waals surface area contributed by atoms with Gasteiger partial charge in [-0.2, -0.15) is 0 Å². The first kappa shape index (κ1) is 29.6. The summed E-state index contributed by atoms with van der Waals surface area (Å²) in [4.78, 5) is 43.9. The van der Waals surface area contributed by atoms with Gasteiger partial charge < -0.3 is 16.0 Å². The quantitative estimate of drug-likeness (QED) is 0.200. The Balaban J connectivity index is 1.56. The predicted molar refractivity (Wildman–Crippen MR) is 155 cm³/mol. The standard InChI is InChI=1S/C31H40N4O4/c1-4-5-15-26(20-29(36)35-39-21-23-11-7-6-8-12-23)33-31(38)34-28(18-22(2)3)30(37)32-27-17-16-24-13-9-10-14-25(24)19-27/h6-14,16-17,19,22,26,28H,4-5,15,18,20-21H2,1-3H3,(H,32,37)(H,35,36)(H2,33,34,38)/t26-,28-/m0/s1. The smallest absolute Gasteiger partial charge is 0.315 e. The van der Waals surface area contributed by atoms with Crippen molar-refractivity contribution in [3.05, 3.63) is 78.4 Å². The highest BCUT2D eigenvalue weighted by Gasteiger charge is 2.24. The Morgan fingerprint density at radius 1 is 0.872 bits per heavy atom. The molecule has 39 heavy (non-hydrogen) atoms. The topological polar surface area (TPSA) is 109 Å². The monoisotopic (exact) mass is 532 g/mol. The highest BCUT2D eigenvalue weighted by atomic mass is 16.6. The van der Waals surface area contributed by atoms with Crippen LogP contribution in [0, 0.1) is 5.92 Å². The van der Waals surface area contributed by atoms with E-state index < -0.39 is 18.1 Å². The van der Waals surface area contributed by atoms with Crippen molar-refractivity contribution in [2.45, 2.75) is 71.6 Å². The molecule has 0 spiro atoms. The van der Waals surface area contributed by atoms with E-state index in [-0.39, 0.29) is 30.8 Å². The second kappa shape index (κ2) is 15.5. The zero-order valence-corrected chi connectivity index (χ0v) is 23.0. The third kappa shape index (κ3) is 10.4. The number of amides is 4. The van der Waals surface area contributed by atoms with Gasteiger partial charge in [-0.25, -0.2) is 10.3 Å². The number of rotatable bonds is 14. The lowest BCUT2D eigenvalue weighted by Gasteiger charge is -2.23. The molecule has 0 fully saturated rings. The minimum Gasteiger partial charge on any atom is -0.335 e. The predicted octanol–water partition coefficient (Wildman–Crippen LogP) is 5.69. The van der Waals surface area contributed by atoms with Crippen LogP contribution < -0.4 is 21.4 Å². The van der Waals surface area contributed by atoms with Crippen molar-refractivity contribution < 1.29 is 19.2 Å². The van der Waals surface area contributed by atoms with Crippen LogP contribution in [0.2, 0.25) is 0 Å². The van der Waals surface area contributed by atoms with E-state index in [1.165, 1.54) is 0 Å². The molecule has 0 heterocycles. The number of carbonyl (C=O) groups excluding carboxylic acids is 3. The summed E-state index contributed by atoms with van der Waals surface area (Å²) in [5, 5.41) is 10.8. The summed E-state index contributed by atoms with van der Waals surface area (Å²) < 4.78 is 0. The highest BCUT2D eigenvalue weighted by molar-refractivity contribution is 5.99. The third-order valence-electron chi connectivity index (χ3n) is 6.29. The summed E-state index contributed by atoms with van der Waals surface area (Å²) in [5.41, 5.74) is 4.07. The Labute approximate surface area is 230 Å². The largest absolute Gasteiger partial charge is 0.335 e. The molecule has 0 bridgehead atoms. The SMILES string of the molecule is CCCC[C@@H](CC(=O)NOCc1ccccc1)NC(=O)N[C@@H](CC(C)C)C(=O)Nc1ccc2ccccc2c1. The van der Waals surface area contributed by atoms with Gasteiger partial charge >= 0.3 is 6.03 Å². The second-order valence-electron chi connectivity index (χ2n) is 10.2. The van der Waals surface area contributed by atoms with E-state index in [1.807, 2.05) is 86.6 Å². The van der Waals surface area contributed by atoms with Crippen molar-refractivity contribution in [3.63, 3.8) is 0 Å². The fourth-order valence-electron chi connectivity index (χ4n) is 4.30. The molecule has 0 saturated heterocycles. The lowest BCUT2D eigenvalue weighted by Crippen LogP contribution is -2.51. The van der Waals surface area contributed by atoms with Crippen LogP contribution in [0.1, 0.15) is 58.4 Å². The molecule has 3 aromatic carbocycles. The number of hydrogen-bond acceptors (Lipinski definition) is 4. The van der Waals surface area contributed by atoms with E-state index >= 15 is 0 Å². The minimum absolute atomic E-state index is 0.0698. The number of hydrogen-bond donors (Lipinski definition) is 4. The molecule has 2 atom stereocenters. The number of urea groups is 1. The van der Waals surface area contributed by atoms with Gasteiger partial charge in [0.2, 0.25) is 11.8 Å². The van der Waals surface area contributed by atoms with Gasteiger partial charge in [0.1, 0.15) is 6.04 Å². The number of nitrogens with one attached hydrogen (secondary N) is 4. The summed E-state index contributed by atoms with van der Waals surface area (Å²) in [6.45, 7) is 6.30. The molecule has 0 aliphatic rings. The minimum atomic E-state index is -0.730. The molecule has 0 aromatic heterocycles. The Morgan fingerprint density at radius 2 is 1.59 bits per heavy atom. The van der Waals surface area contributed by atoms with E-state index in [9.17, 15) is 14.4 Å². The van der Waals surface area contributed by atoms with Gasteiger partial charge in [0, 0.05) is 18.2 Å². The van der Waals surface area contributed by atoms with Crippen molar-refractivity contribution >= 4 is 34.3 Å². The lowest BCUT2D eigenvalue weighted by atomic mass is 10.0. The molecule has 0 radical (unpaired) electrons. The van der Waals surface area contributed by atoms with E-state index in [4.69, 9.17) is 4.84 Å². The van der Waals surface area contributed by atoms with Gasteiger partial charge in [-0.15, -0.1) is 0 Å². The number of benzene rings is 3. The molecular weight excluding hydrogens is 492 g/mol. The molecule has 0 aliphatic carbocycles. The molecular formula is C31H40N4O4. The third-order valence-corrected chi connectivity index (χ3v) is 6.29. The molecule has 4 amide bonds. The molecule has 8 heteroatoms. The summed E-state index contributed by atoms with van der Waals surface area (Å²) in [6, 6.07) is 21.6. The van der Waals surface area contributed by atoms with Crippen molar-refractivity contribution in [1.29, 1.82) is 0 Å². The zero-order valence-electron chi connectivity index (χ0n) is 23.0. The fourth-order valence-corrected chi connectivity index (χ4v) is 4.30. The number of hydroxylamine groups is 1. The number of anilines is 1. The maximum absolute atomic E-state index is 13.2. The van der Waals surface area contributed by atoms with Crippen LogP contribution in [-0.2, 0) is 21.0 Å². The Morgan fingerprint density at radius 3 is 2.31 bits per heavy atom. The van der Waals surface area contributed by atoms with Gasteiger partial charge in [-0.1, -0.05) is 94.3 Å². The van der Waals surface area contributed by atoms with E-state index in [1.54, 1.807) is 0 Å². The number of unbranched alkanes of at least 4 members (excludes halogenated alkanes) is 1. The first-order valence-corrected chi connectivity index (χ1v) is 13.6. The fraction of sp³-hybridized carbons (Fsp3) is 0.387. The van der Waals surface area contributed by atoms with Crippen molar-refractivity contribution in [2.24, 2.45) is 5.92 Å². The summed E-state index contributed by atoms with van der Waals surface area (Å²) in [5.74, 6) is -0.424. The van der Waals surface area contributed by atoms with Crippen LogP contribution in [0.4, 0.5) is 10.5 Å². The van der Waals surface area contributed by atoms with Gasteiger partial charge in [0.15, 0.2) is 0 Å². The number of carbonyl (C=O) groups is 3. The lowest BCUT2D eigenvalue weighted by molar-refractivity contribution is -0.135. The number of fused-ring (bicyclic) bond motifs is 1. The Kier molecular flexibility index (Phi) is 11.8. The second-order valence-corrected chi connectivity index (χ2v) is 10.2. The van der Waals surface area contributed by atoms with Crippen LogP contribution in [0.3, 0.4) is 0 Å². The molecule has 0 aliphatic heterocycles. The summed E-state index contributed by atoms with van der Waals surface area (Å²) >= 11 is 0. The first-order chi connectivity index (χ1) is 18.8. The van der Waals surface area contributed by atoms with E-state index in [0.717, 1.165) is 29.2 Å². The van der Waals surface area contributed by atoms with Crippen molar-refractivity contribution in [1.82, 2.24) is 16.1 Å². The molecule has 0 unspecified atom stereocenters. The van der Waals surface area contributed by atoms with Gasteiger partial charge in [0.05, 0.1) is 6.61 Å². The van der Waals surface area contributed by atoms with Gasteiger partial charge in [0.25, 0.3) is 0 Å². The zero-order chi connectivity index (χ0) is 28.0. The van der Waals surface area contributed by atoms with Crippen molar-refractivity contribution in [2.75, 3.05) is 5.32 Å². The first-order valence-electron chi connectivity index (χ1n) is 13.6. The maximum Gasteiger partial charge on any atom is 0.315 e. The summed E-state index contributed by atoms with van der Waals surface area (Å²) in [6.07, 6.45) is 2.95. The van der Waals surface area contributed by atoms with Crippen molar-refractivity contribution in [3.8, 4) is 0 Å². The molecule has 0 saturated carbocycles. The van der Waals surface area contributed by atoms with Crippen LogP contribution >= 0.6 is 0 Å². The van der Waals surface area contributed by atoms with E-state index in [0.29, 0.717) is 18.5 Å². The van der Waals surface area contributed by atoms with Gasteiger partial charge in [-0.05, 0) is 47.2 Å². The molecule has 3 rings (SSSR count). The maximum atomic E-state index is 13.2. The van der Waals surface area contributed by atoms with Crippen LogP contribution in [0.15, 0.2) is 72.8 Å². The van der Waals surface area contributed by atoms with Crippen LogP contribution in [-0.4, -0.2) is 29.9 Å². The molecule has 8 nitrogen and oxygen atoms in total.